The maximum Gasteiger partial charge on any atom is 0.339 e. The van der Waals surface area contributed by atoms with Crippen molar-refractivity contribution in [1.82, 2.24) is 4.98 Å². The van der Waals surface area contributed by atoms with Crippen molar-refractivity contribution in [3.05, 3.63) is 53.2 Å². The van der Waals surface area contributed by atoms with Crippen molar-refractivity contribution in [1.29, 1.82) is 0 Å². The predicted molar refractivity (Wildman–Crippen MR) is 101 cm³/mol. The first-order valence-corrected chi connectivity index (χ1v) is 8.80. The molecule has 0 spiro atoms. The largest absolute Gasteiger partial charge is 0.478 e. The highest BCUT2D eigenvalue weighted by molar-refractivity contribution is 6.05. The Kier molecular flexibility index (Phi) is 5.21. The molecule has 1 aliphatic rings. The van der Waals surface area contributed by atoms with E-state index >= 15 is 0 Å². The summed E-state index contributed by atoms with van der Waals surface area (Å²) in [5.41, 5.74) is 2.00. The van der Waals surface area contributed by atoms with Gasteiger partial charge in [-0.25, -0.2) is 9.78 Å². The van der Waals surface area contributed by atoms with E-state index in [4.69, 9.17) is 0 Å². The van der Waals surface area contributed by atoms with Crippen LogP contribution >= 0.6 is 0 Å². The topological polar surface area (TPSA) is 82.5 Å². The number of rotatable bonds is 4. The van der Waals surface area contributed by atoms with E-state index in [2.05, 4.69) is 17.2 Å². The molecule has 6 heteroatoms. The molecule has 0 saturated carbocycles. The molecule has 0 radical (unpaired) electrons. The molecule has 1 fully saturated rings. The normalized spacial score (nSPS) is 17.0. The maximum absolute atomic E-state index is 12.4. The van der Waals surface area contributed by atoms with Crippen molar-refractivity contribution < 1.29 is 14.7 Å². The first-order valence-electron chi connectivity index (χ1n) is 8.80. The van der Waals surface area contributed by atoms with Crippen LogP contribution in [0.2, 0.25) is 0 Å². The number of pyridine rings is 1. The summed E-state index contributed by atoms with van der Waals surface area (Å²) in [5.74, 6) is -0.353. The number of aromatic carboxylic acids is 1. The number of anilines is 2. The molecule has 2 N–H and O–H groups in total. The van der Waals surface area contributed by atoms with Crippen molar-refractivity contribution in [2.24, 2.45) is 5.92 Å². The summed E-state index contributed by atoms with van der Waals surface area (Å²) in [6.07, 6.45) is 3.69. The zero-order chi connectivity index (χ0) is 18.7. The molecule has 26 heavy (non-hydrogen) atoms. The van der Waals surface area contributed by atoms with Crippen LogP contribution in [0.1, 0.15) is 46.0 Å². The third kappa shape index (κ3) is 4.02. The standard InChI is InChI=1S/C20H23N3O3/c1-13-5-3-7-15(9-13)19(24)22-16-10-17(20(25)26)18(21-11-16)23-8-4-6-14(2)12-23/h3,5,7,9-11,14H,4,6,8,12H2,1-2H3,(H,22,24)(H,25,26). The molecule has 1 aliphatic heterocycles. The summed E-state index contributed by atoms with van der Waals surface area (Å²) in [4.78, 5) is 30.5. The number of carbonyl (C=O) groups is 2. The number of amides is 1. The molecule has 1 saturated heterocycles. The minimum Gasteiger partial charge on any atom is -0.478 e. The Bertz CT molecular complexity index is 835. The molecule has 6 nitrogen and oxygen atoms in total. The molecule has 1 aromatic carbocycles. The molecular weight excluding hydrogens is 330 g/mol. The molecule has 1 aromatic heterocycles. The van der Waals surface area contributed by atoms with E-state index in [1.54, 1.807) is 12.1 Å². The number of piperidine rings is 1. The lowest BCUT2D eigenvalue weighted by Gasteiger charge is -2.32. The summed E-state index contributed by atoms with van der Waals surface area (Å²) in [6, 6.07) is 8.71. The summed E-state index contributed by atoms with van der Waals surface area (Å²) in [7, 11) is 0. The second-order valence-electron chi connectivity index (χ2n) is 6.92. The summed E-state index contributed by atoms with van der Waals surface area (Å²) in [5, 5.41) is 12.3. The van der Waals surface area contributed by atoms with E-state index in [-0.39, 0.29) is 11.5 Å². The first kappa shape index (κ1) is 17.9. The highest BCUT2D eigenvalue weighted by Gasteiger charge is 2.23. The van der Waals surface area contributed by atoms with Crippen LogP contribution < -0.4 is 10.2 Å². The Hall–Kier alpha value is -2.89. The molecule has 136 valence electrons. The van der Waals surface area contributed by atoms with Crippen molar-refractivity contribution in [3.63, 3.8) is 0 Å². The van der Waals surface area contributed by atoms with E-state index < -0.39 is 5.97 Å². The second-order valence-corrected chi connectivity index (χ2v) is 6.92. The molecule has 2 aromatic rings. The van der Waals surface area contributed by atoms with Crippen molar-refractivity contribution in [3.8, 4) is 0 Å². The number of nitrogens with zero attached hydrogens (tertiary/aromatic N) is 2. The number of hydrogen-bond acceptors (Lipinski definition) is 4. The van der Waals surface area contributed by atoms with Gasteiger partial charge in [-0.3, -0.25) is 4.79 Å². The van der Waals surface area contributed by atoms with Gasteiger partial charge < -0.3 is 15.3 Å². The number of carbonyl (C=O) groups excluding carboxylic acids is 1. The van der Waals surface area contributed by atoms with Crippen LogP contribution in [0, 0.1) is 12.8 Å². The van der Waals surface area contributed by atoms with Gasteiger partial charge in [-0.1, -0.05) is 24.6 Å². The van der Waals surface area contributed by atoms with Gasteiger partial charge in [-0.2, -0.15) is 0 Å². The lowest BCUT2D eigenvalue weighted by Crippen LogP contribution is -2.36. The summed E-state index contributed by atoms with van der Waals surface area (Å²) >= 11 is 0. The third-order valence-electron chi connectivity index (χ3n) is 4.59. The fourth-order valence-electron chi connectivity index (χ4n) is 3.31. The van der Waals surface area contributed by atoms with Crippen LogP contribution in [0.15, 0.2) is 36.5 Å². The Morgan fingerprint density at radius 3 is 2.81 bits per heavy atom. The van der Waals surface area contributed by atoms with Gasteiger partial charge in [0.05, 0.1) is 11.9 Å². The van der Waals surface area contributed by atoms with Gasteiger partial charge >= 0.3 is 5.97 Å². The zero-order valence-electron chi connectivity index (χ0n) is 15.0. The summed E-state index contributed by atoms with van der Waals surface area (Å²) < 4.78 is 0. The van der Waals surface area contributed by atoms with Crippen LogP contribution in [-0.2, 0) is 0 Å². The number of carboxylic acid groups (broad SMARTS) is 1. The van der Waals surface area contributed by atoms with Crippen LogP contribution in [0.3, 0.4) is 0 Å². The number of nitrogens with one attached hydrogen (secondary N) is 1. The average Bonchev–Trinajstić information content (AvgIpc) is 2.61. The Morgan fingerprint density at radius 1 is 1.31 bits per heavy atom. The molecule has 1 atom stereocenters. The van der Waals surface area contributed by atoms with E-state index in [1.165, 1.54) is 12.3 Å². The van der Waals surface area contributed by atoms with Gasteiger partial charge in [0.15, 0.2) is 0 Å². The Labute approximate surface area is 152 Å². The lowest BCUT2D eigenvalue weighted by molar-refractivity contribution is 0.0696. The highest BCUT2D eigenvalue weighted by Crippen LogP contribution is 2.26. The molecular formula is C20H23N3O3. The van der Waals surface area contributed by atoms with Gasteiger partial charge in [-0.15, -0.1) is 0 Å². The van der Waals surface area contributed by atoms with Crippen LogP contribution in [0.25, 0.3) is 0 Å². The van der Waals surface area contributed by atoms with E-state index in [9.17, 15) is 14.7 Å². The Balaban J connectivity index is 1.84. The summed E-state index contributed by atoms with van der Waals surface area (Å²) in [6.45, 7) is 5.66. The number of aromatic nitrogens is 1. The minimum absolute atomic E-state index is 0.112. The molecule has 3 rings (SSSR count). The van der Waals surface area contributed by atoms with Crippen molar-refractivity contribution in [2.45, 2.75) is 26.7 Å². The maximum atomic E-state index is 12.4. The van der Waals surface area contributed by atoms with Gasteiger partial charge in [-0.05, 0) is 43.9 Å². The third-order valence-corrected chi connectivity index (χ3v) is 4.59. The molecule has 1 amide bonds. The monoisotopic (exact) mass is 353 g/mol. The van der Waals surface area contributed by atoms with Crippen molar-refractivity contribution in [2.75, 3.05) is 23.3 Å². The predicted octanol–water partition coefficient (Wildman–Crippen LogP) is 3.58. The fourth-order valence-corrected chi connectivity index (χ4v) is 3.31. The quantitative estimate of drug-likeness (QED) is 0.878. The van der Waals surface area contributed by atoms with E-state index in [0.717, 1.165) is 31.5 Å². The van der Waals surface area contributed by atoms with Crippen LogP contribution in [0.4, 0.5) is 11.5 Å². The highest BCUT2D eigenvalue weighted by atomic mass is 16.4. The van der Waals surface area contributed by atoms with E-state index in [0.29, 0.717) is 23.0 Å². The molecule has 2 heterocycles. The van der Waals surface area contributed by atoms with Crippen LogP contribution in [0.5, 0.6) is 0 Å². The smallest absolute Gasteiger partial charge is 0.339 e. The lowest BCUT2D eigenvalue weighted by atomic mass is 10.00. The fraction of sp³-hybridized carbons (Fsp3) is 0.350. The number of hydrogen-bond donors (Lipinski definition) is 2. The molecule has 1 unspecified atom stereocenters. The first-order chi connectivity index (χ1) is 12.4. The van der Waals surface area contributed by atoms with Crippen molar-refractivity contribution >= 4 is 23.4 Å². The Morgan fingerprint density at radius 2 is 2.12 bits per heavy atom. The second kappa shape index (κ2) is 7.56. The van der Waals surface area contributed by atoms with Gasteiger partial charge in [0.1, 0.15) is 11.4 Å². The van der Waals surface area contributed by atoms with Gasteiger partial charge in [0.2, 0.25) is 0 Å². The number of benzene rings is 1. The molecule has 0 aliphatic carbocycles. The average molecular weight is 353 g/mol. The molecule has 0 bridgehead atoms. The van der Waals surface area contributed by atoms with Gasteiger partial charge in [0.25, 0.3) is 5.91 Å². The van der Waals surface area contributed by atoms with Crippen LogP contribution in [-0.4, -0.2) is 35.1 Å². The number of carboxylic acids is 1. The van der Waals surface area contributed by atoms with E-state index in [1.807, 2.05) is 24.0 Å². The minimum atomic E-state index is -1.04. The number of aryl methyl sites for hydroxylation is 1. The van der Waals surface area contributed by atoms with Gasteiger partial charge in [0, 0.05) is 18.7 Å². The SMILES string of the molecule is Cc1cccc(C(=O)Nc2cnc(N3CCCC(C)C3)c(C(=O)O)c2)c1. The zero-order valence-corrected chi connectivity index (χ0v) is 15.0.